The van der Waals surface area contributed by atoms with Crippen LogP contribution in [-0.4, -0.2) is 26.2 Å². The van der Waals surface area contributed by atoms with Gasteiger partial charge in [0.15, 0.2) is 0 Å². The lowest BCUT2D eigenvalue weighted by atomic mass is 10.0. The molecule has 25 heavy (non-hydrogen) atoms. The van der Waals surface area contributed by atoms with Crippen LogP contribution in [-0.2, 0) is 6.42 Å². The van der Waals surface area contributed by atoms with E-state index in [0.29, 0.717) is 0 Å². The summed E-state index contributed by atoms with van der Waals surface area (Å²) in [6.45, 7) is 12.4. The van der Waals surface area contributed by atoms with Crippen LogP contribution in [0.1, 0.15) is 38.8 Å². The second-order valence-electron chi connectivity index (χ2n) is 6.02. The van der Waals surface area contributed by atoms with E-state index < -0.39 is 0 Å². The van der Waals surface area contributed by atoms with Crippen LogP contribution in [0.5, 0.6) is 0 Å². The average molecular weight is 379 g/mol. The van der Waals surface area contributed by atoms with Gasteiger partial charge in [0.25, 0.3) is 0 Å². The molecule has 0 heterocycles. The molecule has 2 aromatic carbocycles. The van der Waals surface area contributed by atoms with Gasteiger partial charge in [0.2, 0.25) is 0 Å². The molecule has 0 saturated heterocycles. The molecule has 2 nitrogen and oxygen atoms in total. The van der Waals surface area contributed by atoms with E-state index in [2.05, 4.69) is 73.9 Å². The molecule has 2 aromatic rings. The highest BCUT2D eigenvalue weighted by Crippen LogP contribution is 2.34. The van der Waals surface area contributed by atoms with Crippen LogP contribution in [0.25, 0.3) is 0 Å². The maximum Gasteiger partial charge on any atom is 0.0674 e. The summed E-state index contributed by atoms with van der Waals surface area (Å²) in [5.74, 6) is 0. The number of benzene rings is 2. The summed E-state index contributed by atoms with van der Waals surface area (Å²) >= 11 is 13.5. The van der Waals surface area contributed by atoms with Crippen molar-refractivity contribution in [1.29, 1.82) is 0 Å². The lowest BCUT2D eigenvalue weighted by Crippen LogP contribution is -2.22. The third-order valence-corrected chi connectivity index (χ3v) is 5.58. The van der Waals surface area contributed by atoms with Gasteiger partial charge in [0, 0.05) is 32.6 Å². The number of rotatable bonds is 8. The summed E-state index contributed by atoms with van der Waals surface area (Å²) in [4.78, 5) is 4.56. The van der Waals surface area contributed by atoms with Crippen LogP contribution in [0, 0.1) is 0 Å². The first-order chi connectivity index (χ1) is 12.1. The molecule has 0 aliphatic carbocycles. The minimum absolute atomic E-state index is 0.738. The van der Waals surface area contributed by atoms with Crippen molar-refractivity contribution < 1.29 is 0 Å². The molecule has 0 N–H and O–H groups in total. The van der Waals surface area contributed by atoms with Gasteiger partial charge in [0.1, 0.15) is 0 Å². The van der Waals surface area contributed by atoms with Gasteiger partial charge >= 0.3 is 0 Å². The first-order valence-corrected chi connectivity index (χ1v) is 9.87. The Morgan fingerprint density at radius 1 is 0.640 bits per heavy atom. The van der Waals surface area contributed by atoms with Crippen molar-refractivity contribution in [3.05, 3.63) is 57.6 Å². The zero-order valence-corrected chi connectivity index (χ0v) is 17.2. The van der Waals surface area contributed by atoms with E-state index >= 15 is 0 Å². The number of nitrogens with zero attached hydrogens (tertiary/aromatic N) is 2. The van der Waals surface area contributed by atoms with Gasteiger partial charge < -0.3 is 9.80 Å². The van der Waals surface area contributed by atoms with Crippen molar-refractivity contribution in [2.24, 2.45) is 0 Å². The third kappa shape index (κ3) is 4.43. The molecule has 0 aliphatic heterocycles. The number of halogens is 2. The molecule has 136 valence electrons. The Bertz CT molecular complexity index is 633. The van der Waals surface area contributed by atoms with Gasteiger partial charge in [0.05, 0.1) is 21.4 Å². The molecule has 0 fully saturated rings. The smallest absolute Gasteiger partial charge is 0.0674 e. The second kappa shape index (κ2) is 9.35. The van der Waals surface area contributed by atoms with Gasteiger partial charge in [-0.25, -0.2) is 0 Å². The molecule has 0 bridgehead atoms. The zero-order chi connectivity index (χ0) is 18.4. The van der Waals surface area contributed by atoms with Crippen LogP contribution in [0.4, 0.5) is 11.4 Å². The predicted octanol–water partition coefficient (Wildman–Crippen LogP) is 6.28. The Hall–Kier alpha value is -1.38. The summed E-state index contributed by atoms with van der Waals surface area (Å²) in [7, 11) is 0. The Labute approximate surface area is 162 Å². The maximum atomic E-state index is 6.73. The molecule has 0 spiro atoms. The van der Waals surface area contributed by atoms with E-state index in [-0.39, 0.29) is 0 Å². The fourth-order valence-electron chi connectivity index (χ4n) is 3.23. The molecule has 0 amide bonds. The van der Waals surface area contributed by atoms with E-state index in [1.807, 2.05) is 0 Å². The second-order valence-corrected chi connectivity index (χ2v) is 6.78. The third-order valence-electron chi connectivity index (χ3n) is 4.71. The fraction of sp³-hybridized carbons (Fsp3) is 0.429. The molecular formula is C21H28Cl2N2. The molecule has 0 saturated carbocycles. The number of hydrogen-bond donors (Lipinski definition) is 0. The molecule has 4 heteroatoms. The molecule has 2 rings (SSSR count). The van der Waals surface area contributed by atoms with Gasteiger partial charge in [-0.2, -0.15) is 0 Å². The number of anilines is 2. The van der Waals surface area contributed by atoms with Gasteiger partial charge in [-0.15, -0.1) is 0 Å². The topological polar surface area (TPSA) is 6.48 Å². The zero-order valence-electron chi connectivity index (χ0n) is 15.6. The minimum atomic E-state index is 0.738. The Morgan fingerprint density at radius 3 is 1.32 bits per heavy atom. The normalized spacial score (nSPS) is 10.8. The monoisotopic (exact) mass is 378 g/mol. The van der Waals surface area contributed by atoms with Crippen LogP contribution in [0.3, 0.4) is 0 Å². The molecule has 0 atom stereocenters. The molecule has 0 unspecified atom stereocenters. The first kappa shape index (κ1) is 19.9. The van der Waals surface area contributed by atoms with Crippen molar-refractivity contribution >= 4 is 34.6 Å². The van der Waals surface area contributed by atoms with Crippen molar-refractivity contribution in [2.75, 3.05) is 36.0 Å². The largest absolute Gasteiger partial charge is 0.371 e. The van der Waals surface area contributed by atoms with Crippen LogP contribution < -0.4 is 9.80 Å². The molecule has 0 aromatic heterocycles. The molecule has 0 radical (unpaired) electrons. The van der Waals surface area contributed by atoms with Gasteiger partial charge in [-0.1, -0.05) is 47.5 Å². The summed E-state index contributed by atoms with van der Waals surface area (Å²) in [5.41, 5.74) is 4.43. The quantitative estimate of drug-likeness (QED) is 0.533. The molecular weight excluding hydrogens is 351 g/mol. The first-order valence-electron chi connectivity index (χ1n) is 9.11. The summed E-state index contributed by atoms with van der Waals surface area (Å²) < 4.78 is 0. The van der Waals surface area contributed by atoms with E-state index in [4.69, 9.17) is 23.2 Å². The lowest BCUT2D eigenvalue weighted by molar-refractivity contribution is 0.863. The minimum Gasteiger partial charge on any atom is -0.371 e. The standard InChI is InChI=1S/C21H28Cl2N2/c1-5-24(6-2)18-13-9-11-16(20(18)22)15-17-12-10-14-19(21(17)23)25(7-3)8-4/h9-14H,5-8,15H2,1-4H3. The Balaban J connectivity index is 2.38. The predicted molar refractivity (Wildman–Crippen MR) is 113 cm³/mol. The van der Waals surface area contributed by atoms with E-state index in [9.17, 15) is 0 Å². The van der Waals surface area contributed by atoms with Crippen molar-refractivity contribution in [2.45, 2.75) is 34.1 Å². The van der Waals surface area contributed by atoms with Gasteiger partial charge in [-0.05, 0) is 51.0 Å². The van der Waals surface area contributed by atoms with Crippen LogP contribution in [0.15, 0.2) is 36.4 Å². The highest BCUT2D eigenvalue weighted by atomic mass is 35.5. The lowest BCUT2D eigenvalue weighted by Gasteiger charge is -2.25. The van der Waals surface area contributed by atoms with Crippen molar-refractivity contribution in [3.8, 4) is 0 Å². The van der Waals surface area contributed by atoms with E-state index in [0.717, 1.165) is 65.1 Å². The summed E-state index contributed by atoms with van der Waals surface area (Å²) in [6.07, 6.45) is 0.738. The summed E-state index contributed by atoms with van der Waals surface area (Å²) in [6, 6.07) is 12.5. The van der Waals surface area contributed by atoms with E-state index in [1.54, 1.807) is 0 Å². The highest BCUT2D eigenvalue weighted by Gasteiger charge is 2.15. The number of hydrogen-bond acceptors (Lipinski definition) is 2. The van der Waals surface area contributed by atoms with Crippen molar-refractivity contribution in [3.63, 3.8) is 0 Å². The van der Waals surface area contributed by atoms with Crippen LogP contribution >= 0.6 is 23.2 Å². The molecule has 0 aliphatic rings. The Kier molecular flexibility index (Phi) is 7.46. The SMILES string of the molecule is CCN(CC)c1cccc(Cc2cccc(N(CC)CC)c2Cl)c1Cl. The summed E-state index contributed by atoms with van der Waals surface area (Å²) in [5, 5.41) is 1.66. The van der Waals surface area contributed by atoms with E-state index in [1.165, 1.54) is 0 Å². The Morgan fingerprint density at radius 2 is 1.00 bits per heavy atom. The van der Waals surface area contributed by atoms with Gasteiger partial charge in [-0.3, -0.25) is 0 Å². The fourth-order valence-corrected chi connectivity index (χ4v) is 3.85. The van der Waals surface area contributed by atoms with Crippen LogP contribution in [0.2, 0.25) is 10.0 Å². The average Bonchev–Trinajstić information content (AvgIpc) is 2.63. The highest BCUT2D eigenvalue weighted by molar-refractivity contribution is 6.35. The van der Waals surface area contributed by atoms with Crippen molar-refractivity contribution in [1.82, 2.24) is 0 Å². The maximum absolute atomic E-state index is 6.73.